The first-order valence-corrected chi connectivity index (χ1v) is 7.97. The van der Waals surface area contributed by atoms with Gasteiger partial charge in [-0.05, 0) is 36.8 Å². The highest BCUT2D eigenvalue weighted by molar-refractivity contribution is 5.77. The van der Waals surface area contributed by atoms with Crippen LogP contribution in [0.5, 0.6) is 11.5 Å². The van der Waals surface area contributed by atoms with Crippen molar-refractivity contribution in [3.05, 3.63) is 59.7 Å². The van der Waals surface area contributed by atoms with Gasteiger partial charge in [-0.2, -0.15) is 0 Å². The maximum absolute atomic E-state index is 11.8. The first-order chi connectivity index (χ1) is 11.7. The molecule has 0 aliphatic carbocycles. The van der Waals surface area contributed by atoms with E-state index >= 15 is 0 Å². The zero-order chi connectivity index (χ0) is 17.2. The maximum atomic E-state index is 11.8. The third-order valence-electron chi connectivity index (χ3n) is 3.50. The number of amides is 1. The van der Waals surface area contributed by atoms with Gasteiger partial charge in [-0.3, -0.25) is 4.79 Å². The number of carbonyl (C=O) groups is 1. The Morgan fingerprint density at radius 1 is 1.00 bits per heavy atom. The number of rotatable bonds is 9. The van der Waals surface area contributed by atoms with Gasteiger partial charge in [0.2, 0.25) is 5.91 Å². The SMILES string of the molecule is COc1ccc(OCCNCC(=O)NCc2ccc(C)cc2)cc1. The van der Waals surface area contributed by atoms with Crippen LogP contribution in [0.2, 0.25) is 0 Å². The molecule has 2 N–H and O–H groups in total. The molecule has 2 rings (SSSR count). The minimum Gasteiger partial charge on any atom is -0.497 e. The second-order valence-corrected chi connectivity index (χ2v) is 5.46. The van der Waals surface area contributed by atoms with Gasteiger partial charge in [0.15, 0.2) is 0 Å². The Bertz CT molecular complexity index is 624. The molecule has 0 saturated heterocycles. The smallest absolute Gasteiger partial charge is 0.234 e. The fourth-order valence-electron chi connectivity index (χ4n) is 2.08. The molecule has 5 nitrogen and oxygen atoms in total. The predicted molar refractivity (Wildman–Crippen MR) is 94.4 cm³/mol. The van der Waals surface area contributed by atoms with Crippen LogP contribution in [0.15, 0.2) is 48.5 Å². The summed E-state index contributed by atoms with van der Waals surface area (Å²) in [5.41, 5.74) is 2.31. The molecule has 0 atom stereocenters. The zero-order valence-electron chi connectivity index (χ0n) is 14.2. The molecule has 5 heteroatoms. The molecule has 0 heterocycles. The average Bonchev–Trinajstić information content (AvgIpc) is 2.61. The summed E-state index contributed by atoms with van der Waals surface area (Å²) in [5.74, 6) is 1.55. The number of ether oxygens (including phenoxy) is 2. The molecule has 2 aromatic rings. The number of hydrogen-bond donors (Lipinski definition) is 2. The lowest BCUT2D eigenvalue weighted by Gasteiger charge is -2.09. The molecule has 0 unspecified atom stereocenters. The second-order valence-electron chi connectivity index (χ2n) is 5.46. The van der Waals surface area contributed by atoms with Crippen molar-refractivity contribution < 1.29 is 14.3 Å². The van der Waals surface area contributed by atoms with Gasteiger partial charge in [0.25, 0.3) is 0 Å². The molecule has 0 fully saturated rings. The number of nitrogens with one attached hydrogen (secondary N) is 2. The summed E-state index contributed by atoms with van der Waals surface area (Å²) >= 11 is 0. The van der Waals surface area contributed by atoms with Gasteiger partial charge in [-0.15, -0.1) is 0 Å². The molecular weight excluding hydrogens is 304 g/mol. The van der Waals surface area contributed by atoms with E-state index in [0.717, 1.165) is 17.1 Å². The molecule has 0 aliphatic heterocycles. The van der Waals surface area contributed by atoms with Gasteiger partial charge >= 0.3 is 0 Å². The highest BCUT2D eigenvalue weighted by atomic mass is 16.5. The Hall–Kier alpha value is -2.53. The summed E-state index contributed by atoms with van der Waals surface area (Å²) in [6, 6.07) is 15.5. The quantitative estimate of drug-likeness (QED) is 0.694. The molecule has 24 heavy (non-hydrogen) atoms. The van der Waals surface area contributed by atoms with Gasteiger partial charge in [0.05, 0.1) is 13.7 Å². The summed E-state index contributed by atoms with van der Waals surface area (Å²) in [6.07, 6.45) is 0. The fourth-order valence-corrected chi connectivity index (χ4v) is 2.08. The highest BCUT2D eigenvalue weighted by Crippen LogP contribution is 2.16. The molecular formula is C19H24N2O3. The van der Waals surface area contributed by atoms with Crippen molar-refractivity contribution in [3.63, 3.8) is 0 Å². The summed E-state index contributed by atoms with van der Waals surface area (Å²) in [4.78, 5) is 11.8. The van der Waals surface area contributed by atoms with Gasteiger partial charge in [-0.1, -0.05) is 29.8 Å². The van der Waals surface area contributed by atoms with E-state index in [2.05, 4.69) is 10.6 Å². The van der Waals surface area contributed by atoms with Crippen molar-refractivity contribution >= 4 is 5.91 Å². The number of carbonyl (C=O) groups excluding carboxylic acids is 1. The van der Waals surface area contributed by atoms with E-state index in [1.807, 2.05) is 55.5 Å². The largest absolute Gasteiger partial charge is 0.497 e. The lowest BCUT2D eigenvalue weighted by atomic mass is 10.1. The average molecular weight is 328 g/mol. The van der Waals surface area contributed by atoms with Crippen LogP contribution in [-0.2, 0) is 11.3 Å². The van der Waals surface area contributed by atoms with Gasteiger partial charge in [0.1, 0.15) is 18.1 Å². The van der Waals surface area contributed by atoms with Gasteiger partial charge in [0, 0.05) is 13.1 Å². The summed E-state index contributed by atoms with van der Waals surface area (Å²) in [7, 11) is 1.63. The van der Waals surface area contributed by atoms with E-state index in [4.69, 9.17) is 9.47 Å². The summed E-state index contributed by atoms with van der Waals surface area (Å²) in [6.45, 7) is 3.96. The maximum Gasteiger partial charge on any atom is 0.234 e. The molecule has 0 bridgehead atoms. The van der Waals surface area contributed by atoms with E-state index in [1.54, 1.807) is 7.11 Å². The molecule has 0 spiro atoms. The van der Waals surface area contributed by atoms with Crippen LogP contribution in [0.4, 0.5) is 0 Å². The van der Waals surface area contributed by atoms with E-state index in [9.17, 15) is 4.79 Å². The molecule has 0 aliphatic rings. The molecule has 128 valence electrons. The molecule has 0 saturated carbocycles. The highest BCUT2D eigenvalue weighted by Gasteiger charge is 2.01. The Balaban J connectivity index is 1.56. The van der Waals surface area contributed by atoms with Crippen molar-refractivity contribution in [3.8, 4) is 11.5 Å². The fraction of sp³-hybridized carbons (Fsp3) is 0.316. The molecule has 0 aromatic heterocycles. The summed E-state index contributed by atoms with van der Waals surface area (Å²) in [5, 5.41) is 5.95. The normalized spacial score (nSPS) is 10.2. The van der Waals surface area contributed by atoms with Crippen molar-refractivity contribution in [1.29, 1.82) is 0 Å². The van der Waals surface area contributed by atoms with Gasteiger partial charge < -0.3 is 20.1 Å². The summed E-state index contributed by atoms with van der Waals surface area (Å²) < 4.78 is 10.7. The van der Waals surface area contributed by atoms with Crippen LogP contribution in [0.1, 0.15) is 11.1 Å². The van der Waals surface area contributed by atoms with Crippen LogP contribution in [0, 0.1) is 6.92 Å². The van der Waals surface area contributed by atoms with Crippen molar-refractivity contribution in [2.45, 2.75) is 13.5 Å². The van der Waals surface area contributed by atoms with Crippen molar-refractivity contribution in [1.82, 2.24) is 10.6 Å². The monoisotopic (exact) mass is 328 g/mol. The Morgan fingerprint density at radius 2 is 1.67 bits per heavy atom. The first kappa shape index (κ1) is 17.8. The lowest BCUT2D eigenvalue weighted by Crippen LogP contribution is -2.35. The lowest BCUT2D eigenvalue weighted by molar-refractivity contribution is -0.120. The number of aryl methyl sites for hydroxylation is 1. The second kappa shape index (κ2) is 9.57. The standard InChI is InChI=1S/C19H24N2O3/c1-15-3-5-16(6-4-15)13-21-19(22)14-20-11-12-24-18-9-7-17(23-2)8-10-18/h3-10,20H,11-14H2,1-2H3,(H,21,22). The van der Waals surface area contributed by atoms with E-state index < -0.39 is 0 Å². The van der Waals surface area contributed by atoms with Crippen LogP contribution < -0.4 is 20.1 Å². The van der Waals surface area contributed by atoms with Crippen LogP contribution in [-0.4, -0.2) is 32.7 Å². The molecule has 0 radical (unpaired) electrons. The van der Waals surface area contributed by atoms with Crippen LogP contribution in [0.25, 0.3) is 0 Å². The third-order valence-corrected chi connectivity index (χ3v) is 3.50. The molecule has 1 amide bonds. The Kier molecular flexibility index (Phi) is 7.11. The number of benzene rings is 2. The predicted octanol–water partition coefficient (Wildman–Crippen LogP) is 2.29. The third kappa shape index (κ3) is 6.30. The zero-order valence-corrected chi connectivity index (χ0v) is 14.2. The van der Waals surface area contributed by atoms with Crippen LogP contribution >= 0.6 is 0 Å². The first-order valence-electron chi connectivity index (χ1n) is 7.97. The minimum absolute atomic E-state index is 0.0278. The van der Waals surface area contributed by atoms with E-state index in [1.165, 1.54) is 5.56 Å². The topological polar surface area (TPSA) is 59.6 Å². The molecule has 2 aromatic carbocycles. The van der Waals surface area contributed by atoms with E-state index in [0.29, 0.717) is 19.7 Å². The van der Waals surface area contributed by atoms with Gasteiger partial charge in [-0.25, -0.2) is 0 Å². The van der Waals surface area contributed by atoms with Crippen molar-refractivity contribution in [2.24, 2.45) is 0 Å². The van der Waals surface area contributed by atoms with E-state index in [-0.39, 0.29) is 12.5 Å². The Morgan fingerprint density at radius 3 is 2.33 bits per heavy atom. The van der Waals surface area contributed by atoms with Crippen LogP contribution in [0.3, 0.4) is 0 Å². The number of methoxy groups -OCH3 is 1. The number of hydrogen-bond acceptors (Lipinski definition) is 4. The van der Waals surface area contributed by atoms with Crippen molar-refractivity contribution in [2.75, 3.05) is 26.8 Å². The minimum atomic E-state index is -0.0278. The Labute approximate surface area is 143 Å².